The van der Waals surface area contributed by atoms with E-state index in [1.165, 1.54) is 25.2 Å². The van der Waals surface area contributed by atoms with Crippen molar-refractivity contribution < 1.29 is 24.2 Å². The summed E-state index contributed by atoms with van der Waals surface area (Å²) in [6.45, 7) is 0.166. The molecule has 0 aliphatic carbocycles. The Bertz CT molecular complexity index is 1250. The number of ether oxygens (including phenoxy) is 2. The molecule has 6 nitrogen and oxygen atoms in total. The van der Waals surface area contributed by atoms with Crippen molar-refractivity contribution in [2.75, 3.05) is 19.1 Å². The van der Waals surface area contributed by atoms with Crippen LogP contribution in [0.2, 0.25) is 10.0 Å². The Kier molecular flexibility index (Phi) is 6.34. The Morgan fingerprint density at radius 3 is 2.39 bits per heavy atom. The van der Waals surface area contributed by atoms with Gasteiger partial charge in [0.05, 0.1) is 42.9 Å². The molecule has 1 heterocycles. The van der Waals surface area contributed by atoms with Crippen LogP contribution in [0.15, 0.2) is 60.7 Å². The molecule has 0 saturated heterocycles. The van der Waals surface area contributed by atoms with Crippen LogP contribution in [0.3, 0.4) is 0 Å². The van der Waals surface area contributed by atoms with Crippen LogP contribution in [0.25, 0.3) is 0 Å². The van der Waals surface area contributed by atoms with Crippen LogP contribution in [0.5, 0.6) is 11.5 Å². The zero-order valence-electron chi connectivity index (χ0n) is 18.0. The monoisotopic (exact) mass is 485 g/mol. The second-order valence-corrected chi connectivity index (χ2v) is 8.50. The molecule has 0 unspecified atom stereocenters. The summed E-state index contributed by atoms with van der Waals surface area (Å²) in [6, 6.07) is 16.7. The number of halogens is 2. The van der Waals surface area contributed by atoms with Crippen LogP contribution in [-0.2, 0) is 16.9 Å². The first kappa shape index (κ1) is 23.1. The second kappa shape index (κ2) is 9.06. The quantitative estimate of drug-likeness (QED) is 0.475. The van der Waals surface area contributed by atoms with Gasteiger partial charge in [-0.25, -0.2) is 0 Å². The number of carbonyl (C=O) groups excluding carboxylic acids is 2. The average Bonchev–Trinajstić information content (AvgIpc) is 3.02. The largest absolute Gasteiger partial charge is 0.493 e. The van der Waals surface area contributed by atoms with Crippen molar-refractivity contribution in [1.82, 2.24) is 0 Å². The third kappa shape index (κ3) is 4.17. The highest BCUT2D eigenvalue weighted by atomic mass is 35.5. The van der Waals surface area contributed by atoms with Crippen molar-refractivity contribution in [3.63, 3.8) is 0 Å². The molecule has 1 amide bonds. The third-order valence-corrected chi connectivity index (χ3v) is 6.43. The van der Waals surface area contributed by atoms with Crippen molar-refractivity contribution in [2.45, 2.75) is 18.6 Å². The van der Waals surface area contributed by atoms with E-state index in [0.29, 0.717) is 38.4 Å². The van der Waals surface area contributed by atoms with Gasteiger partial charge in [0.25, 0.3) is 5.91 Å². The number of rotatable bonds is 7. The number of anilines is 1. The Balaban J connectivity index is 1.66. The molecule has 1 aliphatic rings. The SMILES string of the molecule is COc1ccc(C(=O)C[C@]2(O)C(=O)N(Cc3ccc(Cl)c(Cl)c3)c3ccccc32)cc1OC. The van der Waals surface area contributed by atoms with Crippen LogP contribution in [0.4, 0.5) is 5.69 Å². The molecular weight excluding hydrogens is 465 g/mol. The van der Waals surface area contributed by atoms with Gasteiger partial charge in [-0.2, -0.15) is 0 Å². The molecule has 8 heteroatoms. The maximum atomic E-state index is 13.5. The number of para-hydroxylation sites is 1. The molecule has 3 aromatic carbocycles. The van der Waals surface area contributed by atoms with Crippen molar-refractivity contribution >= 4 is 40.6 Å². The third-order valence-electron chi connectivity index (χ3n) is 5.69. The number of methoxy groups -OCH3 is 2. The first-order valence-corrected chi connectivity index (χ1v) is 10.9. The van der Waals surface area contributed by atoms with Gasteiger partial charge in [0.1, 0.15) is 0 Å². The zero-order valence-corrected chi connectivity index (χ0v) is 19.5. The first-order valence-electron chi connectivity index (χ1n) is 10.1. The average molecular weight is 486 g/mol. The number of hydrogen-bond acceptors (Lipinski definition) is 5. The van der Waals surface area contributed by atoms with E-state index in [0.717, 1.165) is 5.56 Å². The molecule has 1 atom stereocenters. The lowest BCUT2D eigenvalue weighted by Crippen LogP contribution is -2.41. The maximum Gasteiger partial charge on any atom is 0.264 e. The molecule has 4 rings (SSSR count). The minimum absolute atomic E-state index is 0.166. The Labute approximate surface area is 201 Å². The Morgan fingerprint density at radius 2 is 1.70 bits per heavy atom. The molecule has 0 radical (unpaired) electrons. The number of carbonyl (C=O) groups is 2. The number of amides is 1. The lowest BCUT2D eigenvalue weighted by Gasteiger charge is -2.23. The minimum Gasteiger partial charge on any atom is -0.493 e. The number of Topliss-reactive ketones (excluding diaryl/α,β-unsaturated/α-hetero) is 1. The number of benzene rings is 3. The standard InChI is InChI=1S/C25H21Cl2NO5/c1-32-22-10-8-16(12-23(22)33-2)21(29)13-25(31)17-5-3-4-6-20(17)28(24(25)30)14-15-7-9-18(26)19(27)11-15/h3-12,31H,13-14H2,1-2H3/t25-/m1/s1. The predicted molar refractivity (Wildman–Crippen MR) is 126 cm³/mol. The molecule has 0 spiro atoms. The molecule has 170 valence electrons. The van der Waals surface area contributed by atoms with Gasteiger partial charge >= 0.3 is 0 Å². The molecule has 0 fully saturated rings. The highest BCUT2D eigenvalue weighted by molar-refractivity contribution is 6.42. The minimum atomic E-state index is -2.00. The lowest BCUT2D eigenvalue weighted by atomic mass is 9.88. The van der Waals surface area contributed by atoms with Crippen LogP contribution >= 0.6 is 23.2 Å². The molecule has 33 heavy (non-hydrogen) atoms. The fourth-order valence-corrected chi connectivity index (χ4v) is 4.32. The van der Waals surface area contributed by atoms with Gasteiger partial charge in [-0.3, -0.25) is 9.59 Å². The van der Waals surface area contributed by atoms with Gasteiger partial charge in [0, 0.05) is 11.1 Å². The summed E-state index contributed by atoms with van der Waals surface area (Å²) in [5.41, 5.74) is -0.0470. The fraction of sp³-hybridized carbons (Fsp3) is 0.200. The normalized spacial score (nSPS) is 17.1. The number of aliphatic hydroxyl groups is 1. The van der Waals surface area contributed by atoms with Gasteiger partial charge in [0.15, 0.2) is 22.9 Å². The van der Waals surface area contributed by atoms with E-state index in [4.69, 9.17) is 32.7 Å². The summed E-state index contributed by atoms with van der Waals surface area (Å²) in [4.78, 5) is 28.0. The van der Waals surface area contributed by atoms with Gasteiger partial charge in [-0.05, 0) is 42.0 Å². The van der Waals surface area contributed by atoms with E-state index in [1.807, 2.05) is 0 Å². The van der Waals surface area contributed by atoms with Gasteiger partial charge in [-0.15, -0.1) is 0 Å². The fourth-order valence-electron chi connectivity index (χ4n) is 4.00. The van der Waals surface area contributed by atoms with E-state index >= 15 is 0 Å². The molecule has 1 aliphatic heterocycles. The van der Waals surface area contributed by atoms with E-state index in [-0.39, 0.29) is 6.54 Å². The second-order valence-electron chi connectivity index (χ2n) is 7.69. The van der Waals surface area contributed by atoms with Crippen molar-refractivity contribution in [3.8, 4) is 11.5 Å². The van der Waals surface area contributed by atoms with E-state index < -0.39 is 23.7 Å². The highest BCUT2D eigenvalue weighted by Gasteiger charge is 2.50. The number of fused-ring (bicyclic) bond motifs is 1. The van der Waals surface area contributed by atoms with Crippen molar-refractivity contribution in [1.29, 1.82) is 0 Å². The summed E-state index contributed by atoms with van der Waals surface area (Å²) >= 11 is 12.1. The molecule has 0 saturated carbocycles. The van der Waals surface area contributed by atoms with E-state index in [2.05, 4.69) is 0 Å². The van der Waals surface area contributed by atoms with Crippen LogP contribution in [0, 0.1) is 0 Å². The summed E-state index contributed by atoms with van der Waals surface area (Å²) in [5, 5.41) is 12.3. The van der Waals surface area contributed by atoms with Crippen molar-refractivity contribution in [3.05, 3.63) is 87.4 Å². The van der Waals surface area contributed by atoms with Gasteiger partial charge in [-0.1, -0.05) is 47.5 Å². The summed E-state index contributed by atoms with van der Waals surface area (Å²) < 4.78 is 10.5. The molecule has 1 N–H and O–H groups in total. The number of ketones is 1. The maximum absolute atomic E-state index is 13.5. The van der Waals surface area contributed by atoms with Crippen molar-refractivity contribution in [2.24, 2.45) is 0 Å². The lowest BCUT2D eigenvalue weighted by molar-refractivity contribution is -0.136. The van der Waals surface area contributed by atoms with Crippen LogP contribution in [-0.4, -0.2) is 31.0 Å². The van der Waals surface area contributed by atoms with Crippen LogP contribution < -0.4 is 14.4 Å². The number of nitrogens with zero attached hydrogens (tertiary/aromatic N) is 1. The van der Waals surface area contributed by atoms with Gasteiger partial charge < -0.3 is 19.5 Å². The summed E-state index contributed by atoms with van der Waals surface area (Å²) in [5.74, 6) is -0.126. The molecule has 0 bridgehead atoms. The smallest absolute Gasteiger partial charge is 0.264 e. The first-order chi connectivity index (χ1) is 15.8. The van der Waals surface area contributed by atoms with Crippen LogP contribution in [0.1, 0.15) is 27.9 Å². The van der Waals surface area contributed by atoms with Gasteiger partial charge in [0.2, 0.25) is 0 Å². The van der Waals surface area contributed by atoms with E-state index in [9.17, 15) is 14.7 Å². The molecular formula is C25H21Cl2NO5. The zero-order chi connectivity index (χ0) is 23.8. The predicted octanol–water partition coefficient (Wildman–Crippen LogP) is 5.02. The molecule has 0 aromatic heterocycles. The van der Waals surface area contributed by atoms with E-state index in [1.54, 1.807) is 54.6 Å². The summed E-state index contributed by atoms with van der Waals surface area (Å²) in [7, 11) is 2.97. The highest BCUT2D eigenvalue weighted by Crippen LogP contribution is 2.44. The topological polar surface area (TPSA) is 76.1 Å². The Hall–Kier alpha value is -3.06. The number of hydrogen-bond donors (Lipinski definition) is 1. The Morgan fingerprint density at radius 1 is 0.970 bits per heavy atom. The molecule has 3 aromatic rings. The summed E-state index contributed by atoms with van der Waals surface area (Å²) in [6.07, 6.45) is -0.420.